The van der Waals surface area contributed by atoms with Gasteiger partial charge in [-0.1, -0.05) is 39.0 Å². The minimum Gasteiger partial charge on any atom is -0.478 e. The summed E-state index contributed by atoms with van der Waals surface area (Å²) in [4.78, 5) is 21.8. The lowest BCUT2D eigenvalue weighted by Gasteiger charge is -2.19. The molecular formula is C14H16O3. The van der Waals surface area contributed by atoms with Gasteiger partial charge in [0.1, 0.15) is 6.29 Å². The minimum atomic E-state index is -0.936. The van der Waals surface area contributed by atoms with Crippen LogP contribution in [0.2, 0.25) is 0 Å². The number of hydrogen-bond acceptors (Lipinski definition) is 2. The molecule has 17 heavy (non-hydrogen) atoms. The van der Waals surface area contributed by atoms with Crippen LogP contribution in [-0.4, -0.2) is 17.4 Å². The summed E-state index contributed by atoms with van der Waals surface area (Å²) in [5.41, 5.74) is 1.14. The summed E-state index contributed by atoms with van der Waals surface area (Å²) >= 11 is 0. The largest absolute Gasteiger partial charge is 0.478 e. The van der Waals surface area contributed by atoms with Gasteiger partial charge in [-0.15, -0.1) is 0 Å². The maximum atomic E-state index is 11.2. The van der Waals surface area contributed by atoms with E-state index < -0.39 is 11.4 Å². The van der Waals surface area contributed by atoms with Crippen LogP contribution in [0.25, 0.3) is 6.08 Å². The van der Waals surface area contributed by atoms with Crippen molar-refractivity contribution in [1.29, 1.82) is 0 Å². The lowest BCUT2D eigenvalue weighted by Crippen LogP contribution is -2.17. The molecule has 0 bridgehead atoms. The molecule has 3 heteroatoms. The second-order valence-electron chi connectivity index (χ2n) is 4.90. The number of carbonyl (C=O) groups excluding carboxylic acids is 1. The van der Waals surface area contributed by atoms with E-state index in [1.54, 1.807) is 30.3 Å². The van der Waals surface area contributed by atoms with Crippen LogP contribution in [0.3, 0.4) is 0 Å². The van der Waals surface area contributed by atoms with E-state index in [4.69, 9.17) is 5.11 Å². The Hall–Kier alpha value is -1.90. The Morgan fingerprint density at radius 2 is 1.82 bits per heavy atom. The van der Waals surface area contributed by atoms with Crippen LogP contribution >= 0.6 is 0 Å². The average molecular weight is 232 g/mol. The van der Waals surface area contributed by atoms with Crippen LogP contribution in [0.4, 0.5) is 0 Å². The lowest BCUT2D eigenvalue weighted by molar-refractivity contribution is -0.133. The smallest absolute Gasteiger partial charge is 0.332 e. The number of rotatable bonds is 3. The Morgan fingerprint density at radius 3 is 2.29 bits per heavy atom. The quantitative estimate of drug-likeness (QED) is 0.643. The maximum Gasteiger partial charge on any atom is 0.332 e. The van der Waals surface area contributed by atoms with Gasteiger partial charge in [0.15, 0.2) is 0 Å². The summed E-state index contributed by atoms with van der Waals surface area (Å²) in [6.07, 6.45) is 2.35. The van der Waals surface area contributed by atoms with Crippen LogP contribution in [0, 0.1) is 5.41 Å². The second-order valence-corrected chi connectivity index (χ2v) is 4.90. The molecule has 0 aliphatic carbocycles. The number of hydrogen-bond donors (Lipinski definition) is 1. The number of aldehydes is 1. The first kappa shape index (κ1) is 13.2. The SMILES string of the molecule is CC(C)(C)C(=Cc1cccc(C=O)c1)C(=O)O. The van der Waals surface area contributed by atoms with Crippen molar-refractivity contribution < 1.29 is 14.7 Å². The first-order chi connectivity index (χ1) is 7.84. The molecule has 0 aromatic heterocycles. The van der Waals surface area contributed by atoms with E-state index in [0.29, 0.717) is 11.1 Å². The van der Waals surface area contributed by atoms with Crippen LogP contribution in [0.5, 0.6) is 0 Å². The topological polar surface area (TPSA) is 54.4 Å². The third-order valence-electron chi connectivity index (χ3n) is 2.40. The Morgan fingerprint density at radius 1 is 1.24 bits per heavy atom. The summed E-state index contributed by atoms with van der Waals surface area (Å²) in [7, 11) is 0. The van der Waals surface area contributed by atoms with Crippen molar-refractivity contribution in [2.24, 2.45) is 5.41 Å². The molecule has 90 valence electrons. The molecule has 0 radical (unpaired) electrons. The molecule has 1 aromatic carbocycles. The molecule has 0 fully saturated rings. The number of carboxylic acids is 1. The van der Waals surface area contributed by atoms with E-state index >= 15 is 0 Å². The number of carboxylic acid groups (broad SMARTS) is 1. The fraction of sp³-hybridized carbons (Fsp3) is 0.286. The molecule has 0 aliphatic heterocycles. The highest BCUT2D eigenvalue weighted by Crippen LogP contribution is 2.27. The van der Waals surface area contributed by atoms with Crippen LogP contribution in [0.1, 0.15) is 36.7 Å². The molecule has 3 nitrogen and oxygen atoms in total. The lowest BCUT2D eigenvalue weighted by atomic mass is 9.85. The molecule has 0 aliphatic rings. The van der Waals surface area contributed by atoms with Gasteiger partial charge in [0, 0.05) is 11.1 Å². The summed E-state index contributed by atoms with van der Waals surface area (Å²) in [5.74, 6) is -0.936. The van der Waals surface area contributed by atoms with E-state index in [-0.39, 0.29) is 0 Å². The van der Waals surface area contributed by atoms with Gasteiger partial charge in [0.05, 0.1) is 0 Å². The zero-order valence-corrected chi connectivity index (χ0v) is 10.2. The number of carbonyl (C=O) groups is 2. The summed E-state index contributed by atoms with van der Waals surface area (Å²) < 4.78 is 0. The summed E-state index contributed by atoms with van der Waals surface area (Å²) in [6, 6.07) is 6.86. The molecule has 0 spiro atoms. The Bertz CT molecular complexity index is 465. The van der Waals surface area contributed by atoms with Crippen molar-refractivity contribution >= 4 is 18.3 Å². The van der Waals surface area contributed by atoms with Crippen LogP contribution < -0.4 is 0 Å². The van der Waals surface area contributed by atoms with E-state index in [1.165, 1.54) is 0 Å². The van der Waals surface area contributed by atoms with Gasteiger partial charge in [0.25, 0.3) is 0 Å². The molecule has 0 heterocycles. The van der Waals surface area contributed by atoms with Crippen molar-refractivity contribution in [3.63, 3.8) is 0 Å². The molecule has 1 N–H and O–H groups in total. The van der Waals surface area contributed by atoms with Crippen molar-refractivity contribution in [3.8, 4) is 0 Å². The van der Waals surface area contributed by atoms with Gasteiger partial charge in [-0.3, -0.25) is 4.79 Å². The van der Waals surface area contributed by atoms with Gasteiger partial charge >= 0.3 is 5.97 Å². The highest BCUT2D eigenvalue weighted by Gasteiger charge is 2.23. The number of benzene rings is 1. The zero-order valence-electron chi connectivity index (χ0n) is 10.2. The number of aliphatic carboxylic acids is 1. The highest BCUT2D eigenvalue weighted by molar-refractivity contribution is 5.93. The fourth-order valence-electron chi connectivity index (χ4n) is 1.49. The van der Waals surface area contributed by atoms with Crippen molar-refractivity contribution in [3.05, 3.63) is 41.0 Å². The molecule has 0 saturated heterocycles. The first-order valence-corrected chi connectivity index (χ1v) is 5.35. The Balaban J connectivity index is 3.22. The molecule has 0 unspecified atom stereocenters. The van der Waals surface area contributed by atoms with Gasteiger partial charge < -0.3 is 5.11 Å². The third-order valence-corrected chi connectivity index (χ3v) is 2.40. The summed E-state index contributed by atoms with van der Waals surface area (Å²) in [5, 5.41) is 9.16. The molecule has 0 atom stereocenters. The van der Waals surface area contributed by atoms with Crippen LogP contribution in [-0.2, 0) is 4.79 Å². The van der Waals surface area contributed by atoms with Gasteiger partial charge in [-0.2, -0.15) is 0 Å². The maximum absolute atomic E-state index is 11.2. The third kappa shape index (κ3) is 3.55. The molecule has 1 aromatic rings. The predicted octanol–water partition coefficient (Wildman–Crippen LogP) is 3.01. The van der Waals surface area contributed by atoms with Crippen molar-refractivity contribution in [2.45, 2.75) is 20.8 Å². The monoisotopic (exact) mass is 232 g/mol. The normalized spacial score (nSPS) is 12.3. The molecule has 0 saturated carbocycles. The first-order valence-electron chi connectivity index (χ1n) is 5.35. The standard InChI is InChI=1S/C14H16O3/c1-14(2,3)12(13(16)17)8-10-5-4-6-11(7-10)9-15/h4-9H,1-3H3,(H,16,17). The van der Waals surface area contributed by atoms with E-state index in [2.05, 4.69) is 0 Å². The average Bonchev–Trinajstić information content (AvgIpc) is 2.24. The van der Waals surface area contributed by atoms with Gasteiger partial charge in [0.2, 0.25) is 0 Å². The zero-order chi connectivity index (χ0) is 13.1. The minimum absolute atomic E-state index is 0.320. The van der Waals surface area contributed by atoms with Gasteiger partial charge in [-0.05, 0) is 23.1 Å². The van der Waals surface area contributed by atoms with Crippen molar-refractivity contribution in [2.75, 3.05) is 0 Å². The Kier molecular flexibility index (Phi) is 3.84. The van der Waals surface area contributed by atoms with Crippen molar-refractivity contribution in [1.82, 2.24) is 0 Å². The van der Waals surface area contributed by atoms with E-state index in [1.807, 2.05) is 20.8 Å². The van der Waals surface area contributed by atoms with Crippen LogP contribution in [0.15, 0.2) is 29.8 Å². The molecule has 0 amide bonds. The highest BCUT2D eigenvalue weighted by atomic mass is 16.4. The predicted molar refractivity (Wildman–Crippen MR) is 66.9 cm³/mol. The van der Waals surface area contributed by atoms with E-state index in [0.717, 1.165) is 11.8 Å². The fourth-order valence-corrected chi connectivity index (χ4v) is 1.49. The Labute approximate surface area is 101 Å². The molecule has 1 rings (SSSR count). The van der Waals surface area contributed by atoms with E-state index in [9.17, 15) is 9.59 Å². The molecular weight excluding hydrogens is 216 g/mol. The second kappa shape index (κ2) is 4.95. The van der Waals surface area contributed by atoms with Gasteiger partial charge in [-0.25, -0.2) is 4.79 Å². The summed E-state index contributed by atoms with van der Waals surface area (Å²) in [6.45, 7) is 5.53.